The summed E-state index contributed by atoms with van der Waals surface area (Å²) >= 11 is 10.1. The first-order valence-corrected chi connectivity index (χ1v) is 13.7. The van der Waals surface area contributed by atoms with Crippen molar-refractivity contribution in [2.45, 2.75) is 32.4 Å². The molecular weight excluding hydrogens is 444 g/mol. The van der Waals surface area contributed by atoms with Gasteiger partial charge in [-0.25, -0.2) is 4.98 Å². The van der Waals surface area contributed by atoms with Crippen molar-refractivity contribution in [2.75, 3.05) is 13.7 Å². The van der Waals surface area contributed by atoms with E-state index in [0.717, 1.165) is 45.0 Å². The second-order valence-electron chi connectivity index (χ2n) is 7.68. The Morgan fingerprint density at radius 2 is 1.93 bits per heavy atom. The van der Waals surface area contributed by atoms with Gasteiger partial charge in [-0.3, -0.25) is 0 Å². The lowest BCUT2D eigenvalue weighted by atomic mass is 10.0. The van der Waals surface area contributed by atoms with Gasteiger partial charge < -0.3 is 14.0 Å². The van der Waals surface area contributed by atoms with Crippen LogP contribution in [-0.4, -0.2) is 31.3 Å². The summed E-state index contributed by atoms with van der Waals surface area (Å²) in [6.07, 6.45) is 3.78. The van der Waals surface area contributed by atoms with Gasteiger partial charge in [0.05, 0.1) is 16.6 Å². The molecule has 0 saturated carbocycles. The molecule has 7 heteroatoms. The number of benzene rings is 1. The smallest absolute Gasteiger partial charge is 0.143 e. The summed E-state index contributed by atoms with van der Waals surface area (Å²) < 4.78 is 14.3. The van der Waals surface area contributed by atoms with Crippen LogP contribution in [0.15, 0.2) is 41.1 Å². The summed E-state index contributed by atoms with van der Waals surface area (Å²) in [6.45, 7) is 8.24. The highest BCUT2D eigenvalue weighted by atomic mass is 79.9. The molecule has 3 rings (SSSR count). The van der Waals surface area contributed by atoms with E-state index < -0.39 is 8.07 Å². The number of aromatic nitrogens is 2. The van der Waals surface area contributed by atoms with Crippen molar-refractivity contribution < 1.29 is 9.47 Å². The zero-order valence-electron chi connectivity index (χ0n) is 16.1. The third-order valence-corrected chi connectivity index (χ3v) is 7.33. The van der Waals surface area contributed by atoms with Crippen LogP contribution in [0.2, 0.25) is 30.7 Å². The van der Waals surface area contributed by atoms with Crippen molar-refractivity contribution >= 4 is 46.6 Å². The highest BCUT2D eigenvalue weighted by Crippen LogP contribution is 2.41. The number of nitrogens with zero attached hydrogens (tertiary/aromatic N) is 2. The molecule has 0 radical (unpaired) electrons. The van der Waals surface area contributed by atoms with E-state index in [1.807, 2.05) is 35.0 Å². The fraction of sp³-hybridized carbons (Fsp3) is 0.350. The van der Waals surface area contributed by atoms with Crippen molar-refractivity contribution in [3.05, 3.63) is 46.2 Å². The van der Waals surface area contributed by atoms with Crippen LogP contribution < -0.4 is 4.74 Å². The van der Waals surface area contributed by atoms with E-state index in [0.29, 0.717) is 11.8 Å². The minimum absolute atomic E-state index is 0.446. The fourth-order valence-electron chi connectivity index (χ4n) is 2.91. The first-order valence-electron chi connectivity index (χ1n) is 8.86. The summed E-state index contributed by atoms with van der Waals surface area (Å²) in [5.74, 6) is 0.798. The monoisotopic (exact) mass is 466 g/mol. The lowest BCUT2D eigenvalue weighted by molar-refractivity contribution is 0.0899. The Bertz CT molecular complexity index is 953. The van der Waals surface area contributed by atoms with Crippen LogP contribution in [0, 0.1) is 0 Å². The number of methoxy groups -OCH3 is 1. The molecule has 2 heterocycles. The van der Waals surface area contributed by atoms with Crippen molar-refractivity contribution in [1.82, 2.24) is 9.55 Å². The molecule has 1 aromatic carbocycles. The van der Waals surface area contributed by atoms with Crippen LogP contribution >= 0.6 is 27.5 Å². The van der Waals surface area contributed by atoms with Gasteiger partial charge in [0.15, 0.2) is 0 Å². The molecule has 0 aliphatic rings. The molecule has 0 aliphatic heterocycles. The second-order valence-corrected chi connectivity index (χ2v) is 14.5. The van der Waals surface area contributed by atoms with Gasteiger partial charge in [0.2, 0.25) is 0 Å². The number of rotatable bonds is 7. The maximum Gasteiger partial charge on any atom is 0.143 e. The van der Waals surface area contributed by atoms with Crippen LogP contribution in [0.25, 0.3) is 22.2 Å². The van der Waals surface area contributed by atoms with Gasteiger partial charge >= 0.3 is 0 Å². The average molecular weight is 468 g/mol. The molecule has 0 bridgehead atoms. The van der Waals surface area contributed by atoms with Crippen LogP contribution in [0.1, 0.15) is 0 Å². The Morgan fingerprint density at radius 3 is 2.63 bits per heavy atom. The second kappa shape index (κ2) is 8.35. The molecular formula is C20H24BrClN2O2Si. The lowest BCUT2D eigenvalue weighted by Gasteiger charge is -2.15. The maximum atomic E-state index is 6.63. The predicted molar refractivity (Wildman–Crippen MR) is 119 cm³/mol. The highest BCUT2D eigenvalue weighted by Gasteiger charge is 2.19. The first-order chi connectivity index (χ1) is 12.8. The van der Waals surface area contributed by atoms with Gasteiger partial charge in [-0.2, -0.15) is 0 Å². The first kappa shape index (κ1) is 20.4. The molecule has 4 nitrogen and oxygen atoms in total. The van der Waals surface area contributed by atoms with E-state index in [9.17, 15) is 0 Å². The normalized spacial score (nSPS) is 11.9. The van der Waals surface area contributed by atoms with Crippen molar-refractivity contribution in [1.29, 1.82) is 0 Å². The number of hydrogen-bond donors (Lipinski definition) is 0. The molecule has 0 fully saturated rings. The Balaban J connectivity index is 2.02. The van der Waals surface area contributed by atoms with Gasteiger partial charge in [-0.15, -0.1) is 0 Å². The van der Waals surface area contributed by atoms with E-state index >= 15 is 0 Å². The SMILES string of the molecule is COc1ccccc1-c1cn(COCC[Si](C)(C)C)c2ncc(Br)c(Cl)c12. The van der Waals surface area contributed by atoms with E-state index in [1.165, 1.54) is 0 Å². The summed E-state index contributed by atoms with van der Waals surface area (Å²) in [5.41, 5.74) is 2.76. The van der Waals surface area contributed by atoms with Crippen molar-refractivity contribution in [2.24, 2.45) is 0 Å². The molecule has 0 saturated heterocycles. The largest absolute Gasteiger partial charge is 0.496 e. The summed E-state index contributed by atoms with van der Waals surface area (Å²) in [7, 11) is 0.555. The van der Waals surface area contributed by atoms with Crippen LogP contribution in [0.5, 0.6) is 5.75 Å². The quantitative estimate of drug-likeness (QED) is 0.296. The number of para-hydroxylation sites is 1. The molecule has 0 unspecified atom stereocenters. The molecule has 0 aliphatic carbocycles. The number of halogens is 2. The molecule has 0 spiro atoms. The van der Waals surface area contributed by atoms with E-state index in [2.05, 4.69) is 40.6 Å². The summed E-state index contributed by atoms with van der Waals surface area (Å²) in [6, 6.07) is 9.05. The molecule has 2 aromatic heterocycles. The van der Waals surface area contributed by atoms with Gasteiger partial charge in [0, 0.05) is 43.6 Å². The Morgan fingerprint density at radius 1 is 1.19 bits per heavy atom. The van der Waals surface area contributed by atoms with Crippen molar-refractivity contribution in [3.63, 3.8) is 0 Å². The van der Waals surface area contributed by atoms with Crippen molar-refractivity contribution in [3.8, 4) is 16.9 Å². The zero-order valence-corrected chi connectivity index (χ0v) is 19.4. The van der Waals surface area contributed by atoms with Gasteiger partial charge in [-0.05, 0) is 28.0 Å². The summed E-state index contributed by atoms with van der Waals surface area (Å²) in [5, 5.41) is 1.53. The summed E-state index contributed by atoms with van der Waals surface area (Å²) in [4.78, 5) is 4.59. The molecule has 3 aromatic rings. The predicted octanol–water partition coefficient (Wildman–Crippen LogP) is 6.44. The molecule has 0 atom stereocenters. The van der Waals surface area contributed by atoms with Gasteiger partial charge in [0.25, 0.3) is 0 Å². The number of pyridine rings is 1. The fourth-order valence-corrected chi connectivity index (χ4v) is 4.20. The maximum absolute atomic E-state index is 6.63. The molecule has 27 heavy (non-hydrogen) atoms. The minimum atomic E-state index is -1.12. The van der Waals surface area contributed by atoms with Gasteiger partial charge in [-0.1, -0.05) is 49.4 Å². The number of ether oxygens (including phenoxy) is 2. The minimum Gasteiger partial charge on any atom is -0.496 e. The topological polar surface area (TPSA) is 36.3 Å². The Labute approximate surface area is 174 Å². The zero-order chi connectivity index (χ0) is 19.6. The Kier molecular flexibility index (Phi) is 6.31. The number of hydrogen-bond acceptors (Lipinski definition) is 3. The van der Waals surface area contributed by atoms with Crippen LogP contribution in [-0.2, 0) is 11.5 Å². The highest BCUT2D eigenvalue weighted by molar-refractivity contribution is 9.10. The van der Waals surface area contributed by atoms with Crippen LogP contribution in [0.4, 0.5) is 0 Å². The third-order valence-electron chi connectivity index (χ3n) is 4.40. The third kappa shape index (κ3) is 4.56. The van der Waals surface area contributed by atoms with Gasteiger partial charge in [0.1, 0.15) is 18.1 Å². The molecule has 0 amide bonds. The standard InChI is InChI=1S/C20H24BrClN2O2Si/c1-25-17-8-6-5-7-14(17)15-12-24(13-26-9-10-27(2,3)4)20-18(15)19(22)16(21)11-23-20/h5-8,11-12H,9-10,13H2,1-4H3. The average Bonchev–Trinajstić information content (AvgIpc) is 3.00. The molecule has 0 N–H and O–H groups in total. The van der Waals surface area contributed by atoms with E-state index in [1.54, 1.807) is 13.3 Å². The Hall–Kier alpha value is -1.34. The lowest BCUT2D eigenvalue weighted by Crippen LogP contribution is -2.22. The molecule has 144 valence electrons. The van der Waals surface area contributed by atoms with E-state index in [4.69, 9.17) is 21.1 Å². The number of fused-ring (bicyclic) bond motifs is 1. The van der Waals surface area contributed by atoms with E-state index in [-0.39, 0.29) is 0 Å². The van der Waals surface area contributed by atoms with Crippen LogP contribution in [0.3, 0.4) is 0 Å².